The van der Waals surface area contributed by atoms with Crippen LogP contribution >= 0.6 is 12.6 Å². The van der Waals surface area contributed by atoms with Gasteiger partial charge in [-0.3, -0.25) is 0 Å². The summed E-state index contributed by atoms with van der Waals surface area (Å²) in [5.41, 5.74) is 0.411. The molecule has 0 aromatic rings. The van der Waals surface area contributed by atoms with Gasteiger partial charge in [-0.25, -0.2) is 0 Å². The lowest BCUT2D eigenvalue weighted by molar-refractivity contribution is 0.253. The van der Waals surface area contributed by atoms with Crippen molar-refractivity contribution in [2.75, 3.05) is 0 Å². The second-order valence-electron chi connectivity index (χ2n) is 7.90. The summed E-state index contributed by atoms with van der Waals surface area (Å²) in [5.74, 6) is 1.87. The molecule has 0 aliphatic heterocycles. The van der Waals surface area contributed by atoms with Crippen LogP contribution in [0.25, 0.3) is 0 Å². The SMILES string of the molecule is [B]C(CCC(C)(C)C)C(C)C1CCCC[C@H](S)CC1. The van der Waals surface area contributed by atoms with Crippen molar-refractivity contribution in [1.29, 1.82) is 0 Å². The molecule has 0 amide bonds. The summed E-state index contributed by atoms with van der Waals surface area (Å²) < 4.78 is 0. The molecule has 1 fully saturated rings. The third-order valence-corrected chi connectivity index (χ3v) is 5.40. The molecule has 0 aromatic heterocycles. The zero-order chi connectivity index (χ0) is 14.5. The maximum absolute atomic E-state index is 6.46. The Morgan fingerprint density at radius 3 is 2.37 bits per heavy atom. The second-order valence-corrected chi connectivity index (χ2v) is 8.63. The molecule has 1 aliphatic rings. The van der Waals surface area contributed by atoms with Gasteiger partial charge in [0.25, 0.3) is 0 Å². The maximum atomic E-state index is 6.46. The van der Waals surface area contributed by atoms with Crippen molar-refractivity contribution in [3.63, 3.8) is 0 Å². The van der Waals surface area contributed by atoms with Crippen LogP contribution in [0.3, 0.4) is 0 Å². The van der Waals surface area contributed by atoms with E-state index in [0.29, 0.717) is 22.4 Å². The molecule has 0 saturated heterocycles. The summed E-state index contributed by atoms with van der Waals surface area (Å²) in [6, 6.07) is 0. The molecule has 0 N–H and O–H groups in total. The van der Waals surface area contributed by atoms with Crippen LogP contribution in [-0.4, -0.2) is 13.1 Å². The normalized spacial score (nSPS) is 29.3. The molecule has 0 aromatic carbocycles. The van der Waals surface area contributed by atoms with Crippen molar-refractivity contribution in [3.05, 3.63) is 0 Å². The van der Waals surface area contributed by atoms with E-state index in [0.717, 1.165) is 5.92 Å². The van der Waals surface area contributed by atoms with Crippen molar-refractivity contribution < 1.29 is 0 Å². The predicted molar refractivity (Wildman–Crippen MR) is 91.3 cm³/mol. The first-order chi connectivity index (χ1) is 8.79. The zero-order valence-corrected chi connectivity index (χ0v) is 14.4. The van der Waals surface area contributed by atoms with Crippen molar-refractivity contribution in [1.82, 2.24) is 0 Å². The van der Waals surface area contributed by atoms with Crippen molar-refractivity contribution in [2.24, 2.45) is 17.3 Å². The van der Waals surface area contributed by atoms with E-state index < -0.39 is 0 Å². The van der Waals surface area contributed by atoms with Gasteiger partial charge in [0, 0.05) is 5.25 Å². The summed E-state index contributed by atoms with van der Waals surface area (Å²) in [6.07, 6.45) is 10.4. The quantitative estimate of drug-likeness (QED) is 0.497. The molecule has 1 aliphatic carbocycles. The van der Waals surface area contributed by atoms with Gasteiger partial charge in [0.05, 0.1) is 7.85 Å². The van der Waals surface area contributed by atoms with Crippen LogP contribution in [0.2, 0.25) is 5.82 Å². The van der Waals surface area contributed by atoms with Gasteiger partial charge in [0.2, 0.25) is 0 Å². The average Bonchev–Trinajstić information content (AvgIpc) is 2.30. The summed E-state index contributed by atoms with van der Waals surface area (Å²) in [7, 11) is 6.46. The minimum atomic E-state index is 0.377. The third-order valence-electron chi connectivity index (χ3n) is 4.88. The molecule has 1 rings (SSSR count). The monoisotopic (exact) mass is 280 g/mol. The highest BCUT2D eigenvalue weighted by molar-refractivity contribution is 7.80. The van der Waals surface area contributed by atoms with Gasteiger partial charge in [-0.1, -0.05) is 59.2 Å². The number of hydrogen-bond donors (Lipinski definition) is 1. The lowest BCUT2D eigenvalue weighted by Gasteiger charge is -2.33. The Balaban J connectivity index is 2.42. The Morgan fingerprint density at radius 1 is 1.11 bits per heavy atom. The lowest BCUT2D eigenvalue weighted by Crippen LogP contribution is -2.21. The molecule has 2 radical (unpaired) electrons. The Labute approximate surface area is 128 Å². The van der Waals surface area contributed by atoms with E-state index in [2.05, 4.69) is 40.3 Å². The minimum Gasteiger partial charge on any atom is -0.176 e. The van der Waals surface area contributed by atoms with Gasteiger partial charge in [0.15, 0.2) is 0 Å². The standard InChI is InChI=1S/C17H33BS/c1-13(16(18)11-12-17(2,3)4)14-7-5-6-8-15(19)10-9-14/h13-16,19H,5-12H2,1-4H3/t13?,14?,15-,16?/m0/s1. The molecular weight excluding hydrogens is 247 g/mol. The van der Waals surface area contributed by atoms with Crippen LogP contribution in [0.5, 0.6) is 0 Å². The van der Waals surface area contributed by atoms with Crippen molar-refractivity contribution >= 4 is 20.5 Å². The Bertz CT molecular complexity index is 246. The Hall–Kier alpha value is 0.415. The highest BCUT2D eigenvalue weighted by atomic mass is 32.1. The number of hydrogen-bond acceptors (Lipinski definition) is 1. The van der Waals surface area contributed by atoms with E-state index in [9.17, 15) is 0 Å². The average molecular weight is 280 g/mol. The van der Waals surface area contributed by atoms with Gasteiger partial charge in [-0.05, 0) is 42.9 Å². The molecule has 19 heavy (non-hydrogen) atoms. The fraction of sp³-hybridized carbons (Fsp3) is 1.00. The fourth-order valence-corrected chi connectivity index (χ4v) is 3.55. The van der Waals surface area contributed by atoms with Crippen LogP contribution in [0, 0.1) is 17.3 Å². The first-order valence-corrected chi connectivity index (χ1v) is 8.75. The molecule has 3 unspecified atom stereocenters. The summed E-state index contributed by atoms with van der Waals surface area (Å²) >= 11 is 4.69. The molecule has 4 atom stereocenters. The van der Waals surface area contributed by atoms with Crippen LogP contribution in [0.15, 0.2) is 0 Å². The highest BCUT2D eigenvalue weighted by Crippen LogP contribution is 2.37. The molecule has 2 heteroatoms. The zero-order valence-electron chi connectivity index (χ0n) is 13.5. The number of rotatable bonds is 4. The molecular formula is C17H33BS. The Morgan fingerprint density at radius 2 is 1.74 bits per heavy atom. The topological polar surface area (TPSA) is 0 Å². The molecule has 110 valence electrons. The number of thiol groups is 1. The van der Waals surface area contributed by atoms with E-state index in [1.807, 2.05) is 0 Å². The molecule has 0 heterocycles. The summed E-state index contributed by atoms with van der Waals surface area (Å²) in [4.78, 5) is 0. The lowest BCUT2D eigenvalue weighted by atomic mass is 9.65. The summed E-state index contributed by atoms with van der Waals surface area (Å²) in [5, 5.41) is 0.626. The molecule has 1 saturated carbocycles. The van der Waals surface area contributed by atoms with Crippen molar-refractivity contribution in [3.8, 4) is 0 Å². The minimum absolute atomic E-state index is 0.377. The van der Waals surface area contributed by atoms with Gasteiger partial charge in [0.1, 0.15) is 0 Å². The molecule has 0 spiro atoms. The van der Waals surface area contributed by atoms with E-state index in [4.69, 9.17) is 7.85 Å². The van der Waals surface area contributed by atoms with E-state index >= 15 is 0 Å². The van der Waals surface area contributed by atoms with Gasteiger partial charge < -0.3 is 0 Å². The first-order valence-electron chi connectivity index (χ1n) is 8.23. The maximum Gasteiger partial charge on any atom is 0.0703 e. The van der Waals surface area contributed by atoms with E-state index in [-0.39, 0.29) is 0 Å². The van der Waals surface area contributed by atoms with Crippen LogP contribution in [0.4, 0.5) is 0 Å². The molecule has 0 bridgehead atoms. The van der Waals surface area contributed by atoms with Crippen LogP contribution in [0.1, 0.15) is 79.1 Å². The third kappa shape index (κ3) is 7.11. The summed E-state index contributed by atoms with van der Waals surface area (Å²) in [6.45, 7) is 9.32. The molecule has 0 nitrogen and oxygen atoms in total. The highest BCUT2D eigenvalue weighted by Gasteiger charge is 2.25. The smallest absolute Gasteiger partial charge is 0.0703 e. The predicted octanol–water partition coefficient (Wildman–Crippen LogP) is 5.67. The first kappa shape index (κ1) is 17.5. The second kappa shape index (κ2) is 8.00. The Kier molecular flexibility index (Phi) is 7.36. The van der Waals surface area contributed by atoms with Gasteiger partial charge in [-0.2, -0.15) is 12.6 Å². The van der Waals surface area contributed by atoms with Gasteiger partial charge in [-0.15, -0.1) is 0 Å². The van der Waals surface area contributed by atoms with Crippen LogP contribution < -0.4 is 0 Å². The van der Waals surface area contributed by atoms with Crippen molar-refractivity contribution in [2.45, 2.75) is 90.1 Å². The fourth-order valence-electron chi connectivity index (χ4n) is 3.22. The largest absolute Gasteiger partial charge is 0.176 e. The van der Waals surface area contributed by atoms with Gasteiger partial charge >= 0.3 is 0 Å². The van der Waals surface area contributed by atoms with Crippen LogP contribution in [-0.2, 0) is 0 Å². The van der Waals surface area contributed by atoms with E-state index in [1.165, 1.54) is 51.4 Å². The van der Waals surface area contributed by atoms with E-state index in [1.54, 1.807) is 0 Å².